The summed E-state index contributed by atoms with van der Waals surface area (Å²) in [5.41, 5.74) is 3.60. The van der Waals surface area contributed by atoms with Gasteiger partial charge in [-0.3, -0.25) is 4.90 Å². The molecule has 1 aliphatic heterocycles. The summed E-state index contributed by atoms with van der Waals surface area (Å²) in [6.07, 6.45) is 0.834. The minimum Gasteiger partial charge on any atom is -0.508 e. The van der Waals surface area contributed by atoms with E-state index in [0.29, 0.717) is 17.6 Å². The fourth-order valence-electron chi connectivity index (χ4n) is 3.84. The quantitative estimate of drug-likeness (QED) is 0.880. The van der Waals surface area contributed by atoms with Crippen molar-refractivity contribution >= 4 is 0 Å². The topological polar surface area (TPSA) is 52.9 Å². The molecule has 2 aromatic rings. The lowest BCUT2D eigenvalue weighted by atomic mass is 9.78. The van der Waals surface area contributed by atoms with Crippen molar-refractivity contribution in [1.82, 2.24) is 4.90 Å². The molecular weight excluding hydrogens is 314 g/mol. The average Bonchev–Trinajstić information content (AvgIpc) is 2.58. The normalized spacial score (nSPS) is 20.5. The highest BCUT2D eigenvalue weighted by atomic mass is 16.5. The van der Waals surface area contributed by atoms with Crippen molar-refractivity contribution in [2.75, 3.05) is 20.7 Å². The Hall–Kier alpha value is -2.20. The number of aromatic hydroxyl groups is 2. The molecule has 0 saturated carbocycles. The molecule has 25 heavy (non-hydrogen) atoms. The largest absolute Gasteiger partial charge is 0.508 e. The molecule has 4 nitrogen and oxygen atoms in total. The van der Waals surface area contributed by atoms with E-state index in [4.69, 9.17) is 4.74 Å². The van der Waals surface area contributed by atoms with E-state index in [1.807, 2.05) is 24.3 Å². The SMILES string of the molecule is COc1cc2c(cc1O)[C@@H](Cc1ccc(O)cc1)N(C)CC2C(C)C. The summed E-state index contributed by atoms with van der Waals surface area (Å²) in [5.74, 6) is 1.92. The molecule has 0 radical (unpaired) electrons. The number of ether oxygens (including phenoxy) is 1. The van der Waals surface area contributed by atoms with Crippen molar-refractivity contribution in [3.8, 4) is 17.2 Å². The zero-order valence-electron chi connectivity index (χ0n) is 15.4. The van der Waals surface area contributed by atoms with Gasteiger partial charge >= 0.3 is 0 Å². The van der Waals surface area contributed by atoms with E-state index >= 15 is 0 Å². The van der Waals surface area contributed by atoms with Crippen molar-refractivity contribution < 1.29 is 14.9 Å². The van der Waals surface area contributed by atoms with Crippen LogP contribution in [0.5, 0.6) is 17.2 Å². The standard InChI is InChI=1S/C21H27NO3/c1-13(2)18-12-22(3)19(9-14-5-7-15(23)8-6-14)17-10-20(24)21(25-4)11-16(17)18/h5-8,10-11,13,18-19,23-24H,9,12H2,1-4H3/t18?,19-/m1/s1. The average molecular weight is 341 g/mol. The molecule has 2 atom stereocenters. The summed E-state index contributed by atoms with van der Waals surface area (Å²) < 4.78 is 5.34. The number of rotatable bonds is 4. The maximum atomic E-state index is 10.3. The molecule has 1 aliphatic rings. The Kier molecular flexibility index (Phi) is 4.91. The smallest absolute Gasteiger partial charge is 0.160 e. The zero-order valence-corrected chi connectivity index (χ0v) is 15.4. The van der Waals surface area contributed by atoms with Gasteiger partial charge in [0, 0.05) is 12.6 Å². The first kappa shape index (κ1) is 17.6. The zero-order chi connectivity index (χ0) is 18.1. The van der Waals surface area contributed by atoms with Gasteiger partial charge in [-0.25, -0.2) is 0 Å². The second kappa shape index (κ2) is 6.96. The Labute approximate surface area is 149 Å². The molecular formula is C21H27NO3. The maximum Gasteiger partial charge on any atom is 0.160 e. The predicted octanol–water partition coefficient (Wildman–Crippen LogP) is 4.08. The van der Waals surface area contributed by atoms with Gasteiger partial charge in [0.2, 0.25) is 0 Å². The van der Waals surface area contributed by atoms with Gasteiger partial charge in [0.1, 0.15) is 5.75 Å². The number of hydrogen-bond donors (Lipinski definition) is 2. The lowest BCUT2D eigenvalue weighted by Gasteiger charge is -2.41. The van der Waals surface area contributed by atoms with Crippen LogP contribution in [0.3, 0.4) is 0 Å². The Bertz CT molecular complexity index is 740. The van der Waals surface area contributed by atoms with Crippen LogP contribution >= 0.6 is 0 Å². The molecule has 2 N–H and O–H groups in total. The van der Waals surface area contributed by atoms with Crippen LogP contribution in [0.1, 0.15) is 42.5 Å². The Balaban J connectivity index is 2.03. The van der Waals surface area contributed by atoms with E-state index < -0.39 is 0 Å². The number of likely N-dealkylation sites (N-methyl/N-ethyl adjacent to an activating group) is 1. The van der Waals surface area contributed by atoms with Crippen LogP contribution in [-0.4, -0.2) is 35.8 Å². The third-order valence-corrected chi connectivity index (χ3v) is 5.33. The van der Waals surface area contributed by atoms with Crippen LogP contribution in [0.2, 0.25) is 0 Å². The van der Waals surface area contributed by atoms with Gasteiger partial charge in [-0.15, -0.1) is 0 Å². The third kappa shape index (κ3) is 3.45. The number of fused-ring (bicyclic) bond motifs is 1. The number of phenols is 2. The van der Waals surface area contributed by atoms with E-state index in [1.165, 1.54) is 16.7 Å². The fourth-order valence-corrected chi connectivity index (χ4v) is 3.84. The van der Waals surface area contributed by atoms with Crippen molar-refractivity contribution in [3.05, 3.63) is 53.1 Å². The van der Waals surface area contributed by atoms with Crippen LogP contribution < -0.4 is 4.74 Å². The molecule has 1 heterocycles. The van der Waals surface area contributed by atoms with Crippen molar-refractivity contribution in [1.29, 1.82) is 0 Å². The first-order valence-corrected chi connectivity index (χ1v) is 8.79. The predicted molar refractivity (Wildman–Crippen MR) is 99.4 cm³/mol. The van der Waals surface area contributed by atoms with Crippen LogP contribution in [0.4, 0.5) is 0 Å². The van der Waals surface area contributed by atoms with Crippen molar-refractivity contribution in [2.45, 2.75) is 32.2 Å². The van der Waals surface area contributed by atoms with E-state index in [9.17, 15) is 10.2 Å². The summed E-state index contributed by atoms with van der Waals surface area (Å²) in [5, 5.41) is 19.8. The highest BCUT2D eigenvalue weighted by Crippen LogP contribution is 2.44. The van der Waals surface area contributed by atoms with Crippen LogP contribution in [-0.2, 0) is 6.42 Å². The van der Waals surface area contributed by atoms with Crippen LogP contribution in [0, 0.1) is 5.92 Å². The monoisotopic (exact) mass is 341 g/mol. The molecule has 0 spiro atoms. The van der Waals surface area contributed by atoms with Gasteiger partial charge in [0.15, 0.2) is 11.5 Å². The molecule has 0 bridgehead atoms. The molecule has 0 aromatic heterocycles. The first-order valence-electron chi connectivity index (χ1n) is 8.79. The number of hydrogen-bond acceptors (Lipinski definition) is 4. The molecule has 134 valence electrons. The highest BCUT2D eigenvalue weighted by molar-refractivity contribution is 5.50. The van der Waals surface area contributed by atoms with Gasteiger partial charge in [-0.05, 0) is 66.3 Å². The van der Waals surface area contributed by atoms with Crippen molar-refractivity contribution in [2.24, 2.45) is 5.92 Å². The minimum absolute atomic E-state index is 0.186. The summed E-state index contributed by atoms with van der Waals surface area (Å²) in [6.45, 7) is 5.45. The summed E-state index contributed by atoms with van der Waals surface area (Å²) >= 11 is 0. The number of methoxy groups -OCH3 is 1. The van der Waals surface area contributed by atoms with Gasteiger partial charge in [0.05, 0.1) is 7.11 Å². The molecule has 0 amide bonds. The highest BCUT2D eigenvalue weighted by Gasteiger charge is 2.33. The minimum atomic E-state index is 0.186. The second-order valence-corrected chi connectivity index (χ2v) is 7.33. The molecule has 0 fully saturated rings. The summed E-state index contributed by atoms with van der Waals surface area (Å²) in [6, 6.07) is 11.4. The van der Waals surface area contributed by atoms with E-state index in [1.54, 1.807) is 19.2 Å². The molecule has 3 rings (SSSR count). The number of phenolic OH excluding ortho intramolecular Hbond substituents is 2. The molecule has 1 unspecified atom stereocenters. The van der Waals surface area contributed by atoms with Crippen LogP contribution in [0.15, 0.2) is 36.4 Å². The number of benzene rings is 2. The van der Waals surface area contributed by atoms with Crippen LogP contribution in [0.25, 0.3) is 0 Å². The lowest BCUT2D eigenvalue weighted by molar-refractivity contribution is 0.188. The Morgan fingerprint density at radius 3 is 2.40 bits per heavy atom. The molecule has 0 aliphatic carbocycles. The van der Waals surface area contributed by atoms with Gasteiger partial charge in [-0.2, -0.15) is 0 Å². The maximum absolute atomic E-state index is 10.3. The second-order valence-electron chi connectivity index (χ2n) is 7.33. The lowest BCUT2D eigenvalue weighted by Crippen LogP contribution is -2.37. The van der Waals surface area contributed by atoms with Gasteiger partial charge in [0.25, 0.3) is 0 Å². The van der Waals surface area contributed by atoms with Gasteiger partial charge in [-0.1, -0.05) is 26.0 Å². The first-order chi connectivity index (χ1) is 11.9. The van der Waals surface area contributed by atoms with Gasteiger partial charge < -0.3 is 14.9 Å². The van der Waals surface area contributed by atoms with Crippen molar-refractivity contribution in [3.63, 3.8) is 0 Å². The van der Waals surface area contributed by atoms with E-state index in [2.05, 4.69) is 25.8 Å². The molecule has 0 saturated heterocycles. The summed E-state index contributed by atoms with van der Waals surface area (Å²) in [7, 11) is 3.74. The summed E-state index contributed by atoms with van der Waals surface area (Å²) in [4.78, 5) is 2.37. The van der Waals surface area contributed by atoms with E-state index in [-0.39, 0.29) is 17.5 Å². The molecule has 2 aromatic carbocycles. The Morgan fingerprint density at radius 1 is 1.12 bits per heavy atom. The number of nitrogens with zero attached hydrogens (tertiary/aromatic N) is 1. The Morgan fingerprint density at radius 2 is 1.80 bits per heavy atom. The van der Waals surface area contributed by atoms with E-state index in [0.717, 1.165) is 13.0 Å². The third-order valence-electron chi connectivity index (χ3n) is 5.33. The molecule has 4 heteroatoms. The fraction of sp³-hybridized carbons (Fsp3) is 0.429.